The van der Waals surface area contributed by atoms with E-state index in [2.05, 4.69) is 12.1 Å². The summed E-state index contributed by atoms with van der Waals surface area (Å²) in [6.45, 7) is 0.314. The zero-order valence-corrected chi connectivity index (χ0v) is 15.3. The molecule has 2 aromatic carbocycles. The summed E-state index contributed by atoms with van der Waals surface area (Å²) in [5.74, 6) is 2.18. The van der Waals surface area contributed by atoms with Gasteiger partial charge in [0.25, 0.3) is 0 Å². The maximum absolute atomic E-state index is 12.2. The maximum Gasteiger partial charge on any atom is 0.231 e. The summed E-state index contributed by atoms with van der Waals surface area (Å²) in [4.78, 5) is 12.2. The van der Waals surface area contributed by atoms with Crippen LogP contribution in [0.5, 0.6) is 23.0 Å². The van der Waals surface area contributed by atoms with Gasteiger partial charge in [-0.2, -0.15) is 0 Å². The predicted octanol–water partition coefficient (Wildman–Crippen LogP) is 4.65. The Bertz CT molecular complexity index is 829. The average Bonchev–Trinajstić information content (AvgIpc) is 3.12. The molecule has 0 saturated carbocycles. The van der Waals surface area contributed by atoms with Gasteiger partial charge in [0.05, 0.1) is 0 Å². The SMILES string of the molecule is O=C1CC(CCCCCCc2ccc3c(c2)OCO3)Oc2cccc(O)c21. The Morgan fingerprint density at radius 2 is 1.81 bits per heavy atom. The molecule has 5 nitrogen and oxygen atoms in total. The number of fused-ring (bicyclic) bond motifs is 2. The zero-order chi connectivity index (χ0) is 18.6. The first-order chi connectivity index (χ1) is 13.2. The van der Waals surface area contributed by atoms with Gasteiger partial charge in [-0.1, -0.05) is 25.0 Å². The third-order valence-corrected chi connectivity index (χ3v) is 5.17. The van der Waals surface area contributed by atoms with Crippen LogP contribution in [-0.4, -0.2) is 23.8 Å². The van der Waals surface area contributed by atoms with Gasteiger partial charge >= 0.3 is 0 Å². The van der Waals surface area contributed by atoms with E-state index in [1.165, 1.54) is 11.6 Å². The van der Waals surface area contributed by atoms with E-state index in [9.17, 15) is 9.90 Å². The largest absolute Gasteiger partial charge is 0.507 e. The number of ketones is 1. The van der Waals surface area contributed by atoms with Gasteiger partial charge in [0, 0.05) is 6.42 Å². The van der Waals surface area contributed by atoms with Gasteiger partial charge in [0.1, 0.15) is 23.2 Å². The molecule has 0 saturated heterocycles. The van der Waals surface area contributed by atoms with Crippen LogP contribution in [-0.2, 0) is 6.42 Å². The van der Waals surface area contributed by atoms with Crippen LogP contribution in [0.15, 0.2) is 36.4 Å². The van der Waals surface area contributed by atoms with E-state index in [1.54, 1.807) is 12.1 Å². The second-order valence-electron chi connectivity index (χ2n) is 7.16. The van der Waals surface area contributed by atoms with Crippen LogP contribution in [0.25, 0.3) is 0 Å². The molecule has 2 aliphatic heterocycles. The molecule has 2 aromatic rings. The lowest BCUT2D eigenvalue weighted by molar-refractivity contribution is 0.0830. The van der Waals surface area contributed by atoms with Crippen molar-refractivity contribution in [2.24, 2.45) is 0 Å². The summed E-state index contributed by atoms with van der Waals surface area (Å²) in [5, 5.41) is 9.82. The first kappa shape index (κ1) is 17.7. The number of aryl methyl sites for hydroxylation is 1. The monoisotopic (exact) mass is 368 g/mol. The summed E-state index contributed by atoms with van der Waals surface area (Å²) in [7, 11) is 0. The third kappa shape index (κ3) is 4.02. The molecule has 0 fully saturated rings. The van der Waals surface area contributed by atoms with Gasteiger partial charge in [-0.05, 0) is 55.5 Å². The minimum Gasteiger partial charge on any atom is -0.507 e. The Morgan fingerprint density at radius 3 is 2.74 bits per heavy atom. The van der Waals surface area contributed by atoms with E-state index in [-0.39, 0.29) is 17.6 Å². The highest BCUT2D eigenvalue weighted by Crippen LogP contribution is 2.35. The lowest BCUT2D eigenvalue weighted by Gasteiger charge is -2.25. The van der Waals surface area contributed by atoms with Crippen LogP contribution >= 0.6 is 0 Å². The molecule has 0 radical (unpaired) electrons. The summed E-state index contributed by atoms with van der Waals surface area (Å²) < 4.78 is 16.6. The number of phenolic OH excluding ortho intramolecular Hbond substituents is 1. The van der Waals surface area contributed by atoms with Crippen molar-refractivity contribution in [3.63, 3.8) is 0 Å². The van der Waals surface area contributed by atoms with Crippen molar-refractivity contribution in [3.05, 3.63) is 47.5 Å². The standard InChI is InChI=1S/C22H24O5/c23-17-8-5-9-20-22(17)18(24)13-16(27-20)7-4-2-1-3-6-15-10-11-19-21(12-15)26-14-25-19/h5,8-12,16,23H,1-4,6-7,13-14H2. The lowest BCUT2D eigenvalue weighted by atomic mass is 9.96. The molecular formula is C22H24O5. The highest BCUT2D eigenvalue weighted by Gasteiger charge is 2.28. The average molecular weight is 368 g/mol. The first-order valence-corrected chi connectivity index (χ1v) is 9.61. The number of hydrogen-bond donors (Lipinski definition) is 1. The molecule has 0 bridgehead atoms. The highest BCUT2D eigenvalue weighted by atomic mass is 16.7. The molecule has 0 aliphatic carbocycles. The molecule has 1 unspecified atom stereocenters. The molecule has 0 aromatic heterocycles. The number of carbonyl (C=O) groups excluding carboxylic acids is 1. The van der Waals surface area contributed by atoms with Gasteiger partial charge in [-0.3, -0.25) is 4.79 Å². The van der Waals surface area contributed by atoms with Gasteiger partial charge < -0.3 is 19.3 Å². The van der Waals surface area contributed by atoms with E-state index in [4.69, 9.17) is 14.2 Å². The summed E-state index contributed by atoms with van der Waals surface area (Å²) in [5.41, 5.74) is 1.61. The van der Waals surface area contributed by atoms with Gasteiger partial charge in [0.2, 0.25) is 6.79 Å². The van der Waals surface area contributed by atoms with Crippen molar-refractivity contribution in [2.45, 2.75) is 51.0 Å². The normalized spacial score (nSPS) is 17.5. The fourth-order valence-electron chi connectivity index (χ4n) is 3.74. The second kappa shape index (κ2) is 7.91. The lowest BCUT2D eigenvalue weighted by Crippen LogP contribution is -2.26. The van der Waals surface area contributed by atoms with Crippen LogP contribution < -0.4 is 14.2 Å². The minimum atomic E-state index is -0.0827. The molecule has 1 atom stereocenters. The van der Waals surface area contributed by atoms with Crippen LogP contribution in [0.4, 0.5) is 0 Å². The number of phenols is 1. The van der Waals surface area contributed by atoms with Crippen molar-refractivity contribution in [2.75, 3.05) is 6.79 Å². The van der Waals surface area contributed by atoms with E-state index in [0.29, 0.717) is 24.5 Å². The topological polar surface area (TPSA) is 65.0 Å². The molecular weight excluding hydrogens is 344 g/mol. The Kier molecular flexibility index (Phi) is 5.19. The first-order valence-electron chi connectivity index (χ1n) is 9.61. The van der Waals surface area contributed by atoms with Crippen LogP contribution in [0.1, 0.15) is 54.4 Å². The number of unbranched alkanes of at least 4 members (excludes halogenated alkanes) is 3. The number of carbonyl (C=O) groups is 1. The van der Waals surface area contributed by atoms with Crippen molar-refractivity contribution >= 4 is 5.78 Å². The van der Waals surface area contributed by atoms with Crippen LogP contribution in [0.3, 0.4) is 0 Å². The fraction of sp³-hybridized carbons (Fsp3) is 0.409. The quantitative estimate of drug-likeness (QED) is 0.721. The number of hydrogen-bond acceptors (Lipinski definition) is 5. The molecule has 5 heteroatoms. The van der Waals surface area contributed by atoms with Crippen molar-refractivity contribution in [1.29, 1.82) is 0 Å². The number of rotatable bonds is 7. The Balaban J connectivity index is 1.17. The van der Waals surface area contributed by atoms with E-state index < -0.39 is 0 Å². The Morgan fingerprint density at radius 1 is 0.963 bits per heavy atom. The Labute approximate surface area is 158 Å². The number of Topliss-reactive ketones (excluding diaryl/α,β-unsaturated/α-hetero) is 1. The van der Waals surface area contributed by atoms with Crippen molar-refractivity contribution in [1.82, 2.24) is 0 Å². The summed E-state index contributed by atoms with van der Waals surface area (Å²) >= 11 is 0. The van der Waals surface area contributed by atoms with Crippen molar-refractivity contribution < 1.29 is 24.1 Å². The van der Waals surface area contributed by atoms with Gasteiger partial charge in [-0.15, -0.1) is 0 Å². The smallest absolute Gasteiger partial charge is 0.231 e. The van der Waals surface area contributed by atoms with E-state index in [0.717, 1.165) is 50.0 Å². The minimum absolute atomic E-state index is 0.0134. The summed E-state index contributed by atoms with van der Waals surface area (Å²) in [6.07, 6.45) is 6.58. The zero-order valence-electron chi connectivity index (χ0n) is 15.3. The summed E-state index contributed by atoms with van der Waals surface area (Å²) in [6, 6.07) is 11.1. The van der Waals surface area contributed by atoms with E-state index in [1.807, 2.05) is 6.07 Å². The number of aromatic hydroxyl groups is 1. The highest BCUT2D eigenvalue weighted by molar-refractivity contribution is 6.02. The van der Waals surface area contributed by atoms with Crippen molar-refractivity contribution in [3.8, 4) is 23.0 Å². The second-order valence-corrected chi connectivity index (χ2v) is 7.16. The van der Waals surface area contributed by atoms with E-state index >= 15 is 0 Å². The van der Waals surface area contributed by atoms with Gasteiger partial charge in [-0.25, -0.2) is 0 Å². The number of benzene rings is 2. The Hall–Kier alpha value is -2.69. The molecule has 2 aliphatic rings. The maximum atomic E-state index is 12.2. The molecule has 4 rings (SSSR count). The van der Waals surface area contributed by atoms with Crippen LogP contribution in [0, 0.1) is 0 Å². The number of ether oxygens (including phenoxy) is 3. The molecule has 1 N–H and O–H groups in total. The molecule has 0 amide bonds. The molecule has 142 valence electrons. The molecule has 27 heavy (non-hydrogen) atoms. The van der Waals surface area contributed by atoms with Crippen LogP contribution in [0.2, 0.25) is 0 Å². The fourth-order valence-corrected chi connectivity index (χ4v) is 3.74. The third-order valence-electron chi connectivity index (χ3n) is 5.17. The molecule has 0 spiro atoms. The molecule has 2 heterocycles. The predicted molar refractivity (Wildman–Crippen MR) is 101 cm³/mol. The van der Waals surface area contributed by atoms with Gasteiger partial charge in [0.15, 0.2) is 17.3 Å².